The lowest BCUT2D eigenvalue weighted by Crippen LogP contribution is -2.30. The largest absolute Gasteiger partial charge is 0.472 e. The van der Waals surface area contributed by atoms with Crippen LogP contribution in [0.25, 0.3) is 0 Å². The molecule has 0 amide bonds. The lowest BCUT2D eigenvalue weighted by atomic mass is 10.00. The lowest BCUT2D eigenvalue weighted by molar-refractivity contribution is -0.161. The predicted octanol–water partition coefficient (Wildman–Crippen LogP) is 22.4. The zero-order chi connectivity index (χ0) is 71.0. The quantitative estimate of drug-likeness (QED) is 0.0222. The van der Waals surface area contributed by atoms with Crippen molar-refractivity contribution < 1.29 is 80.2 Å². The number of hydrogen-bond acceptors (Lipinski definition) is 15. The number of aliphatic hydroxyl groups is 1. The molecule has 0 aromatic heterocycles. The molecule has 0 radical (unpaired) electrons. The van der Waals surface area contributed by atoms with Crippen molar-refractivity contribution in [3.63, 3.8) is 0 Å². The molecule has 0 aliphatic rings. The molecule has 0 saturated heterocycles. The SMILES string of the molecule is CCC(C)CCCCCCCCC(=O)OC[C@H](COP(=O)(O)OC[C@H](O)COP(=O)(O)OC[C@@H](COC(=O)CCCCCCCCC(C)C)OC(=O)CCCCCCCCCCCCCCCCCCCCC(C)C)OC(=O)CCCCCCCCCCCCCCCC(C)C. The van der Waals surface area contributed by atoms with E-state index in [1.165, 1.54) is 180 Å². The zero-order valence-electron chi connectivity index (χ0n) is 63.0. The highest BCUT2D eigenvalue weighted by Gasteiger charge is 2.30. The normalized spacial score (nSPS) is 14.4. The van der Waals surface area contributed by atoms with Crippen molar-refractivity contribution in [1.82, 2.24) is 0 Å². The first-order valence-electron chi connectivity index (χ1n) is 39.7. The summed E-state index contributed by atoms with van der Waals surface area (Å²) in [5.74, 6) is 0.894. The molecule has 0 rings (SSSR count). The van der Waals surface area contributed by atoms with Gasteiger partial charge in [0, 0.05) is 25.7 Å². The van der Waals surface area contributed by atoms with Crippen LogP contribution in [0.2, 0.25) is 0 Å². The van der Waals surface area contributed by atoms with E-state index in [9.17, 15) is 43.2 Å². The van der Waals surface area contributed by atoms with Gasteiger partial charge in [-0.15, -0.1) is 0 Å². The maximum absolute atomic E-state index is 13.1. The number of phosphoric acid groups is 2. The van der Waals surface area contributed by atoms with Crippen molar-refractivity contribution in [1.29, 1.82) is 0 Å². The Morgan fingerprint density at radius 2 is 0.500 bits per heavy atom. The van der Waals surface area contributed by atoms with Gasteiger partial charge in [-0.25, -0.2) is 9.13 Å². The Kier molecular flexibility index (Phi) is 65.0. The van der Waals surface area contributed by atoms with Gasteiger partial charge >= 0.3 is 39.5 Å². The van der Waals surface area contributed by atoms with Gasteiger partial charge in [0.1, 0.15) is 19.3 Å². The molecule has 0 aromatic carbocycles. The van der Waals surface area contributed by atoms with Gasteiger partial charge in [-0.1, -0.05) is 338 Å². The summed E-state index contributed by atoms with van der Waals surface area (Å²) in [4.78, 5) is 72.8. The molecule has 0 aromatic rings. The van der Waals surface area contributed by atoms with Crippen molar-refractivity contribution in [2.24, 2.45) is 23.7 Å². The van der Waals surface area contributed by atoms with E-state index in [-0.39, 0.29) is 25.7 Å². The first-order chi connectivity index (χ1) is 46.1. The first-order valence-corrected chi connectivity index (χ1v) is 42.7. The third kappa shape index (κ3) is 69.2. The summed E-state index contributed by atoms with van der Waals surface area (Å²) < 4.78 is 68.5. The second kappa shape index (κ2) is 66.3. The molecule has 3 unspecified atom stereocenters. The van der Waals surface area contributed by atoms with Crippen molar-refractivity contribution in [3.8, 4) is 0 Å². The molecule has 0 heterocycles. The van der Waals surface area contributed by atoms with Crippen LogP contribution in [0.5, 0.6) is 0 Å². The van der Waals surface area contributed by atoms with Crippen LogP contribution in [0.1, 0.15) is 389 Å². The number of unbranched alkanes of at least 4 members (excludes halogenated alkanes) is 39. The van der Waals surface area contributed by atoms with Gasteiger partial charge in [-0.3, -0.25) is 37.3 Å². The Morgan fingerprint density at radius 1 is 0.292 bits per heavy atom. The molecular formula is C77H150O17P2. The summed E-state index contributed by atoms with van der Waals surface area (Å²) in [6.07, 6.45) is 51.7. The number of phosphoric ester groups is 2. The average molecular weight is 1410 g/mol. The van der Waals surface area contributed by atoms with E-state index in [0.717, 1.165) is 120 Å². The van der Waals surface area contributed by atoms with Crippen molar-refractivity contribution in [3.05, 3.63) is 0 Å². The summed E-state index contributed by atoms with van der Waals surface area (Å²) in [5, 5.41) is 10.6. The molecule has 0 bridgehead atoms. The number of aliphatic hydroxyl groups excluding tert-OH is 1. The van der Waals surface area contributed by atoms with Crippen LogP contribution in [0.4, 0.5) is 0 Å². The molecule has 3 N–H and O–H groups in total. The molecule has 0 spiro atoms. The number of rotatable bonds is 74. The molecule has 96 heavy (non-hydrogen) atoms. The van der Waals surface area contributed by atoms with E-state index < -0.39 is 97.5 Å². The fourth-order valence-electron chi connectivity index (χ4n) is 11.7. The van der Waals surface area contributed by atoms with Crippen molar-refractivity contribution >= 4 is 39.5 Å². The minimum Gasteiger partial charge on any atom is -0.462 e. The van der Waals surface area contributed by atoms with Crippen molar-refractivity contribution in [2.45, 2.75) is 408 Å². The van der Waals surface area contributed by atoms with Crippen LogP contribution in [0, 0.1) is 23.7 Å². The molecule has 0 fully saturated rings. The van der Waals surface area contributed by atoms with E-state index in [0.29, 0.717) is 31.6 Å². The number of ether oxygens (including phenoxy) is 4. The van der Waals surface area contributed by atoms with Crippen LogP contribution in [-0.2, 0) is 65.4 Å². The van der Waals surface area contributed by atoms with Crippen LogP contribution >= 0.6 is 15.6 Å². The van der Waals surface area contributed by atoms with Crippen LogP contribution < -0.4 is 0 Å². The molecule has 0 aliphatic carbocycles. The molecule has 17 nitrogen and oxygen atoms in total. The highest BCUT2D eigenvalue weighted by molar-refractivity contribution is 7.47. The Labute approximate surface area is 588 Å². The summed E-state index contributed by atoms with van der Waals surface area (Å²) in [5.41, 5.74) is 0. The van der Waals surface area contributed by atoms with Crippen molar-refractivity contribution in [2.75, 3.05) is 39.6 Å². The van der Waals surface area contributed by atoms with E-state index in [4.69, 9.17) is 37.0 Å². The van der Waals surface area contributed by atoms with Crippen LogP contribution in [0.3, 0.4) is 0 Å². The Bertz CT molecular complexity index is 1890. The second-order valence-corrected chi connectivity index (χ2v) is 32.3. The Morgan fingerprint density at radius 3 is 0.740 bits per heavy atom. The standard InChI is InChI=1S/C77H150O17P2/c1-9-70(8)56-48-40-34-36-42-50-58-75(80)88-64-73(94-77(82)60-52-44-32-28-24-20-16-18-22-26-30-38-46-54-68(4)5)66-92-96(85,86)90-62-71(78)61-89-95(83,84)91-65-72(63-87-74(79)57-49-41-35-33-39-47-55-69(6)7)93-76(81)59-51-43-31-27-23-19-15-13-11-10-12-14-17-21-25-29-37-45-53-67(2)3/h67-73,78H,9-66H2,1-8H3,(H,83,84)(H,85,86)/t70?,71-,72-,73-/m1/s1. The van der Waals surface area contributed by atoms with Crippen LogP contribution in [0.15, 0.2) is 0 Å². The zero-order valence-corrected chi connectivity index (χ0v) is 64.8. The molecule has 0 aliphatic heterocycles. The second-order valence-electron chi connectivity index (χ2n) is 29.4. The number of esters is 4. The van der Waals surface area contributed by atoms with E-state index >= 15 is 0 Å². The van der Waals surface area contributed by atoms with Gasteiger partial charge in [0.25, 0.3) is 0 Å². The van der Waals surface area contributed by atoms with Crippen LogP contribution in [-0.4, -0.2) is 96.7 Å². The summed E-state index contributed by atoms with van der Waals surface area (Å²) in [7, 11) is -9.91. The molecule has 570 valence electrons. The summed E-state index contributed by atoms with van der Waals surface area (Å²) >= 11 is 0. The van der Waals surface area contributed by atoms with E-state index in [1.54, 1.807) is 0 Å². The topological polar surface area (TPSA) is 237 Å². The van der Waals surface area contributed by atoms with Gasteiger partial charge in [0.15, 0.2) is 12.2 Å². The third-order valence-corrected chi connectivity index (χ3v) is 20.1. The number of carbonyl (C=O) groups excluding carboxylic acids is 4. The summed E-state index contributed by atoms with van der Waals surface area (Å²) in [6.45, 7) is 14.1. The Hall–Kier alpha value is -1.94. The fourth-order valence-corrected chi connectivity index (χ4v) is 13.3. The molecule has 6 atom stereocenters. The fraction of sp³-hybridized carbons (Fsp3) is 0.948. The van der Waals surface area contributed by atoms with Gasteiger partial charge in [0.05, 0.1) is 26.4 Å². The highest BCUT2D eigenvalue weighted by Crippen LogP contribution is 2.45. The van der Waals surface area contributed by atoms with Gasteiger partial charge < -0.3 is 33.8 Å². The minimum absolute atomic E-state index is 0.106. The molecule has 0 saturated carbocycles. The maximum atomic E-state index is 13.1. The maximum Gasteiger partial charge on any atom is 0.472 e. The van der Waals surface area contributed by atoms with Gasteiger partial charge in [-0.2, -0.15) is 0 Å². The highest BCUT2D eigenvalue weighted by atomic mass is 31.2. The van der Waals surface area contributed by atoms with Gasteiger partial charge in [0.2, 0.25) is 0 Å². The average Bonchev–Trinajstić information content (AvgIpc) is 1.09. The number of carbonyl (C=O) groups is 4. The lowest BCUT2D eigenvalue weighted by Gasteiger charge is -2.21. The summed E-state index contributed by atoms with van der Waals surface area (Å²) in [6, 6.07) is 0. The predicted molar refractivity (Wildman–Crippen MR) is 391 cm³/mol. The van der Waals surface area contributed by atoms with E-state index in [1.807, 2.05) is 0 Å². The number of hydrogen-bond donors (Lipinski definition) is 3. The molecule has 19 heteroatoms. The Balaban J connectivity index is 5.16. The minimum atomic E-state index is -4.96. The smallest absolute Gasteiger partial charge is 0.462 e. The monoisotopic (exact) mass is 1410 g/mol. The first kappa shape index (κ1) is 94.1. The molecular weight excluding hydrogens is 1260 g/mol. The van der Waals surface area contributed by atoms with E-state index in [2.05, 4.69) is 55.4 Å². The third-order valence-electron chi connectivity index (χ3n) is 18.2. The van der Waals surface area contributed by atoms with Gasteiger partial charge in [-0.05, 0) is 49.4 Å².